The Morgan fingerprint density at radius 1 is 1.10 bits per heavy atom. The Morgan fingerprint density at radius 3 is 2.32 bits per heavy atom. The van der Waals surface area contributed by atoms with Gasteiger partial charge in [-0.15, -0.1) is 0 Å². The molecule has 0 unspecified atom stereocenters. The first-order chi connectivity index (χ1) is 14.7. The summed E-state index contributed by atoms with van der Waals surface area (Å²) in [5, 5.41) is 12.9. The second-order valence-corrected chi connectivity index (χ2v) is 8.44. The molecule has 31 heavy (non-hydrogen) atoms. The van der Waals surface area contributed by atoms with Crippen molar-refractivity contribution in [3.05, 3.63) is 59.7 Å². The van der Waals surface area contributed by atoms with E-state index in [4.69, 9.17) is 21.0 Å². The number of hydrogen-bond acceptors (Lipinski definition) is 6. The van der Waals surface area contributed by atoms with Crippen molar-refractivity contribution in [3.8, 4) is 5.75 Å². The van der Waals surface area contributed by atoms with E-state index in [0.29, 0.717) is 24.3 Å². The summed E-state index contributed by atoms with van der Waals surface area (Å²) in [6.07, 6.45) is 0.535. The van der Waals surface area contributed by atoms with Crippen molar-refractivity contribution in [1.82, 2.24) is 4.72 Å². The Labute approximate surface area is 180 Å². The molecule has 6 N–H and O–H groups in total. The van der Waals surface area contributed by atoms with Crippen LogP contribution in [0, 0.1) is 6.92 Å². The molecule has 0 spiro atoms. The van der Waals surface area contributed by atoms with Crippen molar-refractivity contribution < 1.29 is 27.9 Å². The maximum atomic E-state index is 12.5. The Balaban J connectivity index is 1.92. The first-order valence-corrected chi connectivity index (χ1v) is 10.9. The van der Waals surface area contributed by atoms with Gasteiger partial charge in [-0.05, 0) is 48.3 Å². The van der Waals surface area contributed by atoms with Crippen molar-refractivity contribution >= 4 is 22.0 Å². The number of rotatable bonds is 12. The Kier molecular flexibility index (Phi) is 8.64. The van der Waals surface area contributed by atoms with E-state index in [1.165, 1.54) is 12.1 Å². The van der Waals surface area contributed by atoms with E-state index in [1.54, 1.807) is 36.4 Å². The third-order valence-corrected chi connectivity index (χ3v) is 5.60. The molecule has 1 atom stereocenters. The minimum atomic E-state index is -3.97. The zero-order valence-electron chi connectivity index (χ0n) is 17.0. The second kappa shape index (κ2) is 11.2. The van der Waals surface area contributed by atoms with Gasteiger partial charge in [0.15, 0.2) is 0 Å². The number of nitrogens with zero attached hydrogens (tertiary/aromatic N) is 1. The van der Waals surface area contributed by atoms with E-state index in [1.807, 2.05) is 6.92 Å². The first kappa shape index (κ1) is 24.0. The van der Waals surface area contributed by atoms with Gasteiger partial charge in [0.25, 0.3) is 0 Å². The molecule has 0 saturated carbocycles. The molecule has 0 bridgehead atoms. The monoisotopic (exact) mass is 450 g/mol. The SMILES string of the molecule is Cc1ccc(S(=O)(=O)N[C@@H](Cc2ccc(OCCCON=C(N)N)cc2)C(=O)O)cc1. The molecule has 168 valence electrons. The number of oxime groups is 1. The molecular formula is C20H26N4O6S. The third kappa shape index (κ3) is 8.15. The van der Waals surface area contributed by atoms with E-state index in [0.717, 1.165) is 5.56 Å². The number of nitrogens with one attached hydrogen (secondary N) is 1. The van der Waals surface area contributed by atoms with Gasteiger partial charge < -0.3 is 26.1 Å². The van der Waals surface area contributed by atoms with Crippen molar-refractivity contribution in [2.75, 3.05) is 13.2 Å². The minimum absolute atomic E-state index is 0.0110. The first-order valence-electron chi connectivity index (χ1n) is 9.42. The lowest BCUT2D eigenvalue weighted by Crippen LogP contribution is -2.42. The number of benzene rings is 2. The average molecular weight is 451 g/mol. The summed E-state index contributed by atoms with van der Waals surface area (Å²) in [5.41, 5.74) is 11.8. The summed E-state index contributed by atoms with van der Waals surface area (Å²) < 4.78 is 32.8. The van der Waals surface area contributed by atoms with Gasteiger partial charge in [0.05, 0.1) is 11.5 Å². The molecule has 0 aromatic heterocycles. The van der Waals surface area contributed by atoms with Crippen LogP contribution in [0.15, 0.2) is 58.6 Å². The fourth-order valence-electron chi connectivity index (χ4n) is 2.54. The summed E-state index contributed by atoms with van der Waals surface area (Å²) in [6, 6.07) is 11.6. The number of sulfonamides is 1. The third-order valence-electron chi connectivity index (χ3n) is 4.11. The van der Waals surface area contributed by atoms with Crippen LogP contribution < -0.4 is 20.9 Å². The van der Waals surface area contributed by atoms with Crippen molar-refractivity contribution in [1.29, 1.82) is 0 Å². The molecule has 2 aromatic rings. The van der Waals surface area contributed by atoms with Gasteiger partial charge in [0.2, 0.25) is 16.0 Å². The highest BCUT2D eigenvalue weighted by atomic mass is 32.2. The quantitative estimate of drug-likeness (QED) is 0.160. The number of guanidine groups is 1. The van der Waals surface area contributed by atoms with E-state index in [9.17, 15) is 18.3 Å². The number of aliphatic carboxylic acids is 1. The topological polar surface area (TPSA) is 166 Å². The highest BCUT2D eigenvalue weighted by molar-refractivity contribution is 7.89. The maximum Gasteiger partial charge on any atom is 0.322 e. The summed E-state index contributed by atoms with van der Waals surface area (Å²) in [4.78, 5) is 16.5. The van der Waals surface area contributed by atoms with E-state index in [2.05, 4.69) is 9.88 Å². The molecule has 2 rings (SSSR count). The molecular weight excluding hydrogens is 424 g/mol. The highest BCUT2D eigenvalue weighted by Gasteiger charge is 2.25. The lowest BCUT2D eigenvalue weighted by molar-refractivity contribution is -0.138. The number of carbonyl (C=O) groups is 1. The predicted molar refractivity (Wildman–Crippen MR) is 115 cm³/mol. The summed E-state index contributed by atoms with van der Waals surface area (Å²) in [5.74, 6) is -0.841. The predicted octanol–water partition coefficient (Wildman–Crippen LogP) is 0.943. The van der Waals surface area contributed by atoms with Gasteiger partial charge >= 0.3 is 5.97 Å². The van der Waals surface area contributed by atoms with Crippen LogP contribution in [0.5, 0.6) is 5.75 Å². The fraction of sp³-hybridized carbons (Fsp3) is 0.300. The van der Waals surface area contributed by atoms with Crippen molar-refractivity contribution in [2.24, 2.45) is 16.6 Å². The van der Waals surface area contributed by atoms with Crippen molar-refractivity contribution in [2.45, 2.75) is 30.7 Å². The number of ether oxygens (including phenoxy) is 1. The van der Waals surface area contributed by atoms with Crippen molar-refractivity contribution in [3.63, 3.8) is 0 Å². The number of carboxylic acids is 1. The van der Waals surface area contributed by atoms with Crippen LogP contribution in [0.2, 0.25) is 0 Å². The smallest absolute Gasteiger partial charge is 0.322 e. The highest BCUT2D eigenvalue weighted by Crippen LogP contribution is 2.16. The van der Waals surface area contributed by atoms with E-state index in [-0.39, 0.29) is 23.9 Å². The van der Waals surface area contributed by atoms with Crippen LogP contribution in [0.25, 0.3) is 0 Å². The van der Waals surface area contributed by atoms with Crippen LogP contribution in [0.4, 0.5) is 0 Å². The molecule has 0 aliphatic carbocycles. The molecule has 0 aliphatic heterocycles. The van der Waals surface area contributed by atoms with Gasteiger partial charge in [-0.1, -0.05) is 29.8 Å². The van der Waals surface area contributed by atoms with E-state index < -0.39 is 22.0 Å². The number of carboxylic acid groups (broad SMARTS) is 1. The lowest BCUT2D eigenvalue weighted by Gasteiger charge is -2.15. The summed E-state index contributed by atoms with van der Waals surface area (Å²) >= 11 is 0. The molecule has 0 radical (unpaired) electrons. The van der Waals surface area contributed by atoms with Gasteiger partial charge in [0.1, 0.15) is 18.4 Å². The van der Waals surface area contributed by atoms with Gasteiger partial charge in [-0.3, -0.25) is 4.79 Å². The number of nitrogens with two attached hydrogens (primary N) is 2. The maximum absolute atomic E-state index is 12.5. The molecule has 0 amide bonds. The van der Waals surface area contributed by atoms with E-state index >= 15 is 0 Å². The molecule has 0 fully saturated rings. The van der Waals surface area contributed by atoms with Crippen LogP contribution in [0.1, 0.15) is 17.5 Å². The van der Waals surface area contributed by atoms with Crippen LogP contribution in [-0.4, -0.2) is 44.7 Å². The fourth-order valence-corrected chi connectivity index (χ4v) is 3.73. The van der Waals surface area contributed by atoms with Gasteiger partial charge in [0, 0.05) is 6.42 Å². The van der Waals surface area contributed by atoms with Gasteiger partial charge in [-0.25, -0.2) is 8.42 Å². The number of hydrogen-bond donors (Lipinski definition) is 4. The molecule has 2 aromatic carbocycles. The second-order valence-electron chi connectivity index (χ2n) is 6.72. The van der Waals surface area contributed by atoms with Crippen LogP contribution in [-0.2, 0) is 26.1 Å². The normalized spacial score (nSPS) is 12.0. The lowest BCUT2D eigenvalue weighted by atomic mass is 10.1. The Hall–Kier alpha value is -3.31. The largest absolute Gasteiger partial charge is 0.493 e. The van der Waals surface area contributed by atoms with Crippen LogP contribution >= 0.6 is 0 Å². The molecule has 10 nitrogen and oxygen atoms in total. The average Bonchev–Trinajstić information content (AvgIpc) is 2.71. The molecule has 0 heterocycles. The standard InChI is InChI=1S/C20H26N4O6S/c1-14-3-9-17(10-4-14)31(27,28)24-18(19(25)26)13-15-5-7-16(8-6-15)29-11-2-12-30-23-20(21)22/h3-10,18,24H,2,11-13H2,1H3,(H,25,26)(H4,21,22,23)/t18-/m0/s1. The number of aryl methyl sites for hydroxylation is 1. The minimum Gasteiger partial charge on any atom is -0.493 e. The molecule has 0 saturated heterocycles. The zero-order chi connectivity index (χ0) is 22.9. The van der Waals surface area contributed by atoms with Gasteiger partial charge in [-0.2, -0.15) is 4.72 Å². The van der Waals surface area contributed by atoms with Crippen LogP contribution in [0.3, 0.4) is 0 Å². The Morgan fingerprint density at radius 2 is 1.74 bits per heavy atom. The Bertz CT molecular complexity index is 987. The summed E-state index contributed by atoms with van der Waals surface area (Å²) in [7, 11) is -3.97. The molecule has 11 heteroatoms. The summed E-state index contributed by atoms with van der Waals surface area (Å²) in [6.45, 7) is 2.49. The molecule has 0 aliphatic rings. The zero-order valence-corrected chi connectivity index (χ0v) is 17.8.